The number of hydrogen-bond acceptors (Lipinski definition) is 8. The summed E-state index contributed by atoms with van der Waals surface area (Å²) < 4.78 is 11.2. The van der Waals surface area contributed by atoms with Crippen molar-refractivity contribution in [3.63, 3.8) is 0 Å². The first-order chi connectivity index (χ1) is 23.3. The van der Waals surface area contributed by atoms with Gasteiger partial charge in [-0.05, 0) is 91.1 Å². The van der Waals surface area contributed by atoms with Crippen LogP contribution in [0.25, 0.3) is 0 Å². The van der Waals surface area contributed by atoms with E-state index in [1.165, 1.54) is 17.0 Å². The second kappa shape index (κ2) is 16.6. The van der Waals surface area contributed by atoms with Crippen LogP contribution >= 0.6 is 0 Å². The molecule has 50 heavy (non-hydrogen) atoms. The lowest BCUT2D eigenvalue weighted by atomic mass is 9.96. The molecule has 0 fully saturated rings. The average molecular weight is 690 g/mol. The highest BCUT2D eigenvalue weighted by atomic mass is 16.6. The van der Waals surface area contributed by atoms with Crippen LogP contribution < -0.4 is 10.6 Å². The topological polar surface area (TPSA) is 154 Å². The lowest BCUT2D eigenvalue weighted by molar-refractivity contribution is -0.159. The van der Waals surface area contributed by atoms with Gasteiger partial charge in [0.25, 0.3) is 0 Å². The van der Waals surface area contributed by atoms with Crippen LogP contribution in [0.5, 0.6) is 11.5 Å². The molecule has 0 saturated carbocycles. The largest absolute Gasteiger partial charge is 0.508 e. The summed E-state index contributed by atoms with van der Waals surface area (Å²) in [5, 5.41) is 26.7. The van der Waals surface area contributed by atoms with Gasteiger partial charge < -0.3 is 35.2 Å². The van der Waals surface area contributed by atoms with Crippen molar-refractivity contribution in [2.45, 2.75) is 111 Å². The molecule has 11 heteroatoms. The molecule has 0 aromatic heterocycles. The van der Waals surface area contributed by atoms with Crippen molar-refractivity contribution in [3.8, 4) is 11.5 Å². The fraction of sp³-hybridized carbons (Fsp3) is 0.436. The van der Waals surface area contributed by atoms with Crippen LogP contribution in [0.4, 0.5) is 4.79 Å². The number of esters is 1. The van der Waals surface area contributed by atoms with Crippen LogP contribution in [0.2, 0.25) is 0 Å². The molecular formula is C39H51N3O8. The fourth-order valence-electron chi connectivity index (χ4n) is 5.36. The van der Waals surface area contributed by atoms with Gasteiger partial charge in [0, 0.05) is 24.4 Å². The molecule has 3 rings (SSSR count). The summed E-state index contributed by atoms with van der Waals surface area (Å²) >= 11 is 0. The number of aromatic hydroxyl groups is 2. The van der Waals surface area contributed by atoms with Gasteiger partial charge in [-0.25, -0.2) is 9.59 Å². The third-order valence-corrected chi connectivity index (χ3v) is 7.56. The van der Waals surface area contributed by atoms with Gasteiger partial charge in [0.1, 0.15) is 40.8 Å². The van der Waals surface area contributed by atoms with Gasteiger partial charge in [0.2, 0.25) is 11.8 Å². The van der Waals surface area contributed by atoms with Crippen molar-refractivity contribution in [3.05, 3.63) is 95.1 Å². The number of hydrogen-bond donors (Lipinski definition) is 4. The van der Waals surface area contributed by atoms with Crippen molar-refractivity contribution in [1.29, 1.82) is 0 Å². The smallest absolute Gasteiger partial charge is 0.408 e. The van der Waals surface area contributed by atoms with Gasteiger partial charge in [-0.1, -0.05) is 60.7 Å². The zero-order chi connectivity index (χ0) is 37.4. The standard InChI is InChI=1S/C39H51N3O8/c1-24(2)42(35(46)30(41-37(48)50-39(7,8)9)22-27-18-20-28(43)21-19-27)32(29-17-13-14-25(3)33(29)44)34(45)40-31(36(47)49-38(4,5)6)23-26-15-11-10-12-16-26/h10-21,24,30-32,43-44H,22-23H2,1-9H3,(H,40,45)(H,41,48). The maximum atomic E-state index is 14.7. The number of phenols is 2. The number of benzene rings is 3. The Hall–Kier alpha value is -5.06. The summed E-state index contributed by atoms with van der Waals surface area (Å²) in [7, 11) is 0. The third-order valence-electron chi connectivity index (χ3n) is 7.56. The van der Waals surface area contributed by atoms with E-state index in [4.69, 9.17) is 9.47 Å². The number of carbonyl (C=O) groups excluding carboxylic acids is 4. The number of ether oxygens (including phenoxy) is 2. The maximum absolute atomic E-state index is 14.7. The Bertz CT molecular complexity index is 1630. The quantitative estimate of drug-likeness (QED) is 0.172. The van der Waals surface area contributed by atoms with E-state index in [9.17, 15) is 29.4 Å². The van der Waals surface area contributed by atoms with Crippen LogP contribution in [-0.2, 0) is 36.7 Å². The van der Waals surface area contributed by atoms with E-state index in [-0.39, 0.29) is 29.9 Å². The molecule has 0 saturated heterocycles. The van der Waals surface area contributed by atoms with E-state index in [1.807, 2.05) is 30.3 Å². The molecule has 0 heterocycles. The molecule has 0 spiro atoms. The Labute approximate surface area is 295 Å². The van der Waals surface area contributed by atoms with Crippen LogP contribution in [0.15, 0.2) is 72.8 Å². The Morgan fingerprint density at radius 2 is 1.28 bits per heavy atom. The maximum Gasteiger partial charge on any atom is 0.408 e. The molecule has 3 atom stereocenters. The first-order valence-electron chi connectivity index (χ1n) is 16.7. The van der Waals surface area contributed by atoms with Gasteiger partial charge in [0.15, 0.2) is 0 Å². The number of nitrogens with one attached hydrogen (secondary N) is 2. The summed E-state index contributed by atoms with van der Waals surface area (Å²) in [5.74, 6) is -2.21. The van der Waals surface area contributed by atoms with Crippen molar-refractivity contribution in [2.75, 3.05) is 0 Å². The van der Waals surface area contributed by atoms with Crippen molar-refractivity contribution in [1.82, 2.24) is 15.5 Å². The molecule has 3 aromatic rings. The van der Waals surface area contributed by atoms with Crippen LogP contribution in [0, 0.1) is 6.92 Å². The lowest BCUT2D eigenvalue weighted by Crippen LogP contribution is -2.57. The second-order valence-electron chi connectivity index (χ2n) is 14.6. The highest BCUT2D eigenvalue weighted by molar-refractivity contribution is 5.94. The van der Waals surface area contributed by atoms with E-state index in [2.05, 4.69) is 10.6 Å². The average Bonchev–Trinajstić information content (AvgIpc) is 3.00. The zero-order valence-electron chi connectivity index (χ0n) is 30.4. The van der Waals surface area contributed by atoms with E-state index < -0.39 is 59.2 Å². The molecule has 4 N–H and O–H groups in total. The van der Waals surface area contributed by atoms with E-state index >= 15 is 0 Å². The second-order valence-corrected chi connectivity index (χ2v) is 14.6. The fourth-order valence-corrected chi connectivity index (χ4v) is 5.36. The Balaban J connectivity index is 2.14. The van der Waals surface area contributed by atoms with Crippen molar-refractivity contribution >= 4 is 23.9 Å². The lowest BCUT2D eigenvalue weighted by Gasteiger charge is -2.38. The zero-order valence-corrected chi connectivity index (χ0v) is 30.4. The molecule has 11 nitrogen and oxygen atoms in total. The molecular weight excluding hydrogens is 638 g/mol. The van der Waals surface area contributed by atoms with Gasteiger partial charge in [-0.15, -0.1) is 0 Å². The highest BCUT2D eigenvalue weighted by Crippen LogP contribution is 2.34. The highest BCUT2D eigenvalue weighted by Gasteiger charge is 2.41. The number of carbonyl (C=O) groups is 4. The van der Waals surface area contributed by atoms with Crippen LogP contribution in [0.3, 0.4) is 0 Å². The summed E-state index contributed by atoms with van der Waals surface area (Å²) in [6, 6.07) is 15.7. The molecule has 0 radical (unpaired) electrons. The van der Waals surface area contributed by atoms with Gasteiger partial charge >= 0.3 is 12.1 Å². The Morgan fingerprint density at radius 1 is 0.720 bits per heavy atom. The number of alkyl carbamates (subject to hydrolysis) is 1. The molecule has 0 aliphatic rings. The SMILES string of the molecule is Cc1cccc(C(C(=O)NC(Cc2ccccc2)C(=O)OC(C)(C)C)N(C(=O)C(Cc2ccc(O)cc2)NC(=O)OC(C)(C)C)C(C)C)c1O. The van der Waals surface area contributed by atoms with Gasteiger partial charge in [0.05, 0.1) is 0 Å². The number of rotatable bonds is 12. The number of phenolic OH excluding ortho intramolecular Hbond substituents is 2. The summed E-state index contributed by atoms with van der Waals surface area (Å²) in [4.78, 5) is 57.2. The number of amides is 3. The summed E-state index contributed by atoms with van der Waals surface area (Å²) in [6.45, 7) is 15.4. The van der Waals surface area contributed by atoms with Gasteiger partial charge in [-0.3, -0.25) is 9.59 Å². The minimum atomic E-state index is -1.44. The van der Waals surface area contributed by atoms with E-state index in [1.54, 1.807) is 92.6 Å². The Kier molecular flexibility index (Phi) is 13.0. The number of nitrogens with zero attached hydrogens (tertiary/aromatic N) is 1. The minimum absolute atomic E-state index is 0.00967. The first kappa shape index (κ1) is 39.4. The predicted molar refractivity (Wildman–Crippen MR) is 190 cm³/mol. The monoisotopic (exact) mass is 689 g/mol. The number of aryl methyl sites for hydroxylation is 1. The normalized spacial score (nSPS) is 13.5. The molecule has 0 aliphatic heterocycles. The predicted octanol–water partition coefficient (Wildman–Crippen LogP) is 5.89. The molecule has 0 aliphatic carbocycles. The van der Waals surface area contributed by atoms with Crippen molar-refractivity contribution in [2.24, 2.45) is 0 Å². The first-order valence-corrected chi connectivity index (χ1v) is 16.7. The summed E-state index contributed by atoms with van der Waals surface area (Å²) in [6.07, 6.45) is -0.747. The number of para-hydroxylation sites is 1. The molecule has 270 valence electrons. The Morgan fingerprint density at radius 3 is 1.84 bits per heavy atom. The van der Waals surface area contributed by atoms with Crippen LogP contribution in [-0.4, -0.2) is 68.3 Å². The van der Waals surface area contributed by atoms with Crippen molar-refractivity contribution < 1.29 is 38.9 Å². The molecule has 0 bridgehead atoms. The van der Waals surface area contributed by atoms with Gasteiger partial charge in [-0.2, -0.15) is 0 Å². The molecule has 3 amide bonds. The molecule has 3 aromatic carbocycles. The summed E-state index contributed by atoms with van der Waals surface area (Å²) in [5.41, 5.74) is 0.280. The van der Waals surface area contributed by atoms with Crippen LogP contribution in [0.1, 0.15) is 83.7 Å². The minimum Gasteiger partial charge on any atom is -0.508 e. The van der Waals surface area contributed by atoms with E-state index in [0.717, 1.165) is 5.56 Å². The third kappa shape index (κ3) is 11.5. The van der Waals surface area contributed by atoms with E-state index in [0.29, 0.717) is 11.1 Å². The molecule has 3 unspecified atom stereocenters.